The third kappa shape index (κ3) is 1.59. The van der Waals surface area contributed by atoms with Gasteiger partial charge in [-0.3, -0.25) is 4.79 Å². The van der Waals surface area contributed by atoms with E-state index in [-0.39, 0.29) is 11.9 Å². The van der Waals surface area contributed by atoms with Crippen LogP contribution in [0.3, 0.4) is 0 Å². The second kappa shape index (κ2) is 3.73. The molecule has 15 heavy (non-hydrogen) atoms. The molecule has 1 aromatic rings. The summed E-state index contributed by atoms with van der Waals surface area (Å²) in [7, 11) is 0. The Morgan fingerprint density at radius 3 is 3.20 bits per heavy atom. The lowest BCUT2D eigenvalue weighted by Gasteiger charge is -2.18. The van der Waals surface area contributed by atoms with Gasteiger partial charge < -0.3 is 9.42 Å². The Kier molecular flexibility index (Phi) is 2.42. The van der Waals surface area contributed by atoms with E-state index < -0.39 is 0 Å². The highest BCUT2D eigenvalue weighted by Crippen LogP contribution is 2.20. The van der Waals surface area contributed by atoms with Gasteiger partial charge in [0.25, 0.3) is 5.91 Å². The van der Waals surface area contributed by atoms with Crippen LogP contribution < -0.4 is 0 Å². The Morgan fingerprint density at radius 1 is 1.80 bits per heavy atom. The van der Waals surface area contributed by atoms with Crippen molar-refractivity contribution in [1.29, 1.82) is 5.26 Å². The Morgan fingerprint density at radius 2 is 2.60 bits per heavy atom. The lowest BCUT2D eigenvalue weighted by molar-refractivity contribution is 0.0763. The maximum Gasteiger partial charge on any atom is 0.260 e. The van der Waals surface area contributed by atoms with Gasteiger partial charge in [0.15, 0.2) is 0 Å². The monoisotopic (exact) mass is 205 g/mol. The molecular weight excluding hydrogens is 194 g/mol. The van der Waals surface area contributed by atoms with Crippen LogP contribution in [-0.4, -0.2) is 28.6 Å². The summed E-state index contributed by atoms with van der Waals surface area (Å²) in [6.07, 6.45) is 3.05. The number of aromatic nitrogens is 1. The minimum Gasteiger partial charge on any atom is -0.361 e. The molecule has 5 heteroatoms. The number of aryl methyl sites for hydroxylation is 1. The van der Waals surface area contributed by atoms with Crippen LogP contribution in [0.15, 0.2) is 10.7 Å². The number of nitrogens with zero attached hydrogens (tertiary/aromatic N) is 3. The lowest BCUT2D eigenvalue weighted by Crippen LogP contribution is -2.34. The van der Waals surface area contributed by atoms with Crippen molar-refractivity contribution in [3.05, 3.63) is 17.5 Å². The van der Waals surface area contributed by atoms with Crippen LogP contribution in [0.2, 0.25) is 0 Å². The number of nitriles is 1. The molecule has 0 radical (unpaired) electrons. The van der Waals surface area contributed by atoms with E-state index in [0.717, 1.165) is 12.8 Å². The van der Waals surface area contributed by atoms with Crippen molar-refractivity contribution in [2.24, 2.45) is 0 Å². The van der Waals surface area contributed by atoms with Gasteiger partial charge in [0.1, 0.15) is 17.4 Å². The van der Waals surface area contributed by atoms with Crippen molar-refractivity contribution < 1.29 is 9.32 Å². The van der Waals surface area contributed by atoms with Crippen molar-refractivity contribution >= 4 is 5.91 Å². The number of hydrogen-bond acceptors (Lipinski definition) is 4. The van der Waals surface area contributed by atoms with Crippen LogP contribution in [0, 0.1) is 18.3 Å². The third-order valence-corrected chi connectivity index (χ3v) is 2.64. The number of likely N-dealkylation sites (tertiary alicyclic amines) is 1. The Bertz CT molecular complexity index is 419. The Balaban J connectivity index is 2.22. The van der Waals surface area contributed by atoms with Crippen molar-refractivity contribution in [2.75, 3.05) is 6.54 Å². The first-order chi connectivity index (χ1) is 7.24. The Hall–Kier alpha value is -1.83. The van der Waals surface area contributed by atoms with Gasteiger partial charge in [0.2, 0.25) is 0 Å². The molecule has 0 aromatic carbocycles. The normalized spacial score (nSPS) is 20.3. The van der Waals surface area contributed by atoms with E-state index in [0.29, 0.717) is 17.9 Å². The zero-order valence-electron chi connectivity index (χ0n) is 8.43. The van der Waals surface area contributed by atoms with Gasteiger partial charge in [0.05, 0.1) is 12.3 Å². The summed E-state index contributed by atoms with van der Waals surface area (Å²) in [4.78, 5) is 13.6. The second-order valence-corrected chi connectivity index (χ2v) is 3.58. The molecule has 0 spiro atoms. The molecule has 0 aliphatic carbocycles. The molecule has 0 saturated carbocycles. The maximum absolute atomic E-state index is 12.0. The fourth-order valence-electron chi connectivity index (χ4n) is 1.80. The highest BCUT2D eigenvalue weighted by molar-refractivity contribution is 5.95. The summed E-state index contributed by atoms with van der Waals surface area (Å²) in [5.74, 6) is 0.349. The van der Waals surface area contributed by atoms with Gasteiger partial charge in [-0.05, 0) is 19.8 Å². The largest absolute Gasteiger partial charge is 0.361 e. The first-order valence-corrected chi connectivity index (χ1v) is 4.86. The minimum atomic E-state index is -0.299. The fourth-order valence-corrected chi connectivity index (χ4v) is 1.80. The highest BCUT2D eigenvalue weighted by Gasteiger charge is 2.30. The van der Waals surface area contributed by atoms with Gasteiger partial charge in [-0.25, -0.2) is 0 Å². The smallest absolute Gasteiger partial charge is 0.260 e. The molecule has 5 nitrogen and oxygen atoms in total. The second-order valence-electron chi connectivity index (χ2n) is 3.58. The van der Waals surface area contributed by atoms with Gasteiger partial charge in [0, 0.05) is 6.54 Å². The predicted molar refractivity (Wildman–Crippen MR) is 50.9 cm³/mol. The molecule has 1 aromatic heterocycles. The maximum atomic E-state index is 12.0. The van der Waals surface area contributed by atoms with Crippen molar-refractivity contribution in [3.63, 3.8) is 0 Å². The molecule has 1 aliphatic heterocycles. The fraction of sp³-hybridized carbons (Fsp3) is 0.500. The van der Waals surface area contributed by atoms with Crippen molar-refractivity contribution in [3.8, 4) is 6.07 Å². The minimum absolute atomic E-state index is 0.155. The van der Waals surface area contributed by atoms with Gasteiger partial charge >= 0.3 is 0 Å². The van der Waals surface area contributed by atoms with Crippen molar-refractivity contribution in [2.45, 2.75) is 25.8 Å². The molecule has 1 atom stereocenters. The molecule has 1 saturated heterocycles. The van der Waals surface area contributed by atoms with E-state index in [9.17, 15) is 4.79 Å². The standard InChI is InChI=1S/C10H11N3O2/c1-7-9(6-12-15-7)10(14)13-4-2-3-8(13)5-11/h6,8H,2-4H2,1H3. The molecule has 2 heterocycles. The van der Waals surface area contributed by atoms with E-state index >= 15 is 0 Å². The van der Waals surface area contributed by atoms with Crippen LogP contribution in [-0.2, 0) is 0 Å². The van der Waals surface area contributed by atoms with E-state index in [2.05, 4.69) is 11.2 Å². The van der Waals surface area contributed by atoms with Crippen LogP contribution in [0.4, 0.5) is 0 Å². The number of rotatable bonds is 1. The van der Waals surface area contributed by atoms with Gasteiger partial charge in [-0.2, -0.15) is 5.26 Å². The predicted octanol–water partition coefficient (Wildman–Crippen LogP) is 1.11. The first-order valence-electron chi connectivity index (χ1n) is 4.86. The van der Waals surface area contributed by atoms with Crippen LogP contribution in [0.5, 0.6) is 0 Å². The van der Waals surface area contributed by atoms with E-state index in [1.807, 2.05) is 0 Å². The number of hydrogen-bond donors (Lipinski definition) is 0. The highest BCUT2D eigenvalue weighted by atomic mass is 16.5. The summed E-state index contributed by atoms with van der Waals surface area (Å²) in [5.41, 5.74) is 0.456. The molecule has 0 bridgehead atoms. The van der Waals surface area contributed by atoms with Gasteiger partial charge in [-0.15, -0.1) is 0 Å². The topological polar surface area (TPSA) is 70.1 Å². The third-order valence-electron chi connectivity index (χ3n) is 2.64. The molecule has 1 fully saturated rings. The van der Waals surface area contributed by atoms with Crippen LogP contribution in [0.25, 0.3) is 0 Å². The number of carbonyl (C=O) groups excluding carboxylic acids is 1. The van der Waals surface area contributed by atoms with E-state index in [1.165, 1.54) is 6.20 Å². The van der Waals surface area contributed by atoms with E-state index in [1.54, 1.807) is 11.8 Å². The Labute approximate surface area is 87.3 Å². The molecule has 1 unspecified atom stereocenters. The van der Waals surface area contributed by atoms with Gasteiger partial charge in [-0.1, -0.05) is 5.16 Å². The van der Waals surface area contributed by atoms with E-state index in [4.69, 9.17) is 9.78 Å². The summed E-state index contributed by atoms with van der Waals surface area (Å²) in [6, 6.07) is 1.83. The zero-order valence-corrected chi connectivity index (χ0v) is 8.43. The van der Waals surface area contributed by atoms with Crippen LogP contribution >= 0.6 is 0 Å². The summed E-state index contributed by atoms with van der Waals surface area (Å²) < 4.78 is 4.83. The number of carbonyl (C=O) groups is 1. The quantitative estimate of drug-likeness (QED) is 0.688. The SMILES string of the molecule is Cc1oncc1C(=O)N1CCCC1C#N. The zero-order chi connectivity index (χ0) is 10.8. The molecule has 1 aliphatic rings. The summed E-state index contributed by atoms with van der Waals surface area (Å²) >= 11 is 0. The molecule has 1 amide bonds. The van der Waals surface area contributed by atoms with Crippen molar-refractivity contribution in [1.82, 2.24) is 10.1 Å². The number of amides is 1. The lowest BCUT2D eigenvalue weighted by atomic mass is 10.2. The summed E-state index contributed by atoms with van der Waals surface area (Å²) in [5, 5.41) is 12.4. The van der Waals surface area contributed by atoms with Crippen LogP contribution in [0.1, 0.15) is 29.0 Å². The molecule has 2 rings (SSSR count). The summed E-state index contributed by atoms with van der Waals surface area (Å²) in [6.45, 7) is 2.33. The first kappa shape index (κ1) is 9.71. The average molecular weight is 205 g/mol. The average Bonchev–Trinajstić information content (AvgIpc) is 2.84. The molecule has 78 valence electrons. The molecule has 0 N–H and O–H groups in total. The molecular formula is C10H11N3O2.